The summed E-state index contributed by atoms with van der Waals surface area (Å²) >= 11 is 0. The third-order valence-electron chi connectivity index (χ3n) is 5.40. The standard InChI is InChI=1S/C26H33F2N7O5/c1-35-33-25(32-34-35)21-16-19(5-8-22(21)31-20-6-3-18(4-7-20)15-23(27)28)26(37)30-10-12-40-14-13-39-11-9-29-24(36)17-38-2/h3-8,16,23,31H,9-15,17H2,1-2H3,(H,29,36)(H,30,37). The monoisotopic (exact) mass is 561 g/mol. The maximum absolute atomic E-state index is 12.8. The summed E-state index contributed by atoms with van der Waals surface area (Å²) in [7, 11) is 3.08. The lowest BCUT2D eigenvalue weighted by Gasteiger charge is -2.13. The van der Waals surface area contributed by atoms with Crippen LogP contribution in [0.5, 0.6) is 0 Å². The van der Waals surface area contributed by atoms with Crippen LogP contribution in [0.1, 0.15) is 15.9 Å². The summed E-state index contributed by atoms with van der Waals surface area (Å²) in [6, 6.07) is 11.7. The van der Waals surface area contributed by atoms with Crippen molar-refractivity contribution in [2.45, 2.75) is 12.8 Å². The van der Waals surface area contributed by atoms with E-state index >= 15 is 0 Å². The molecule has 0 radical (unpaired) electrons. The molecular formula is C26H33F2N7O5. The van der Waals surface area contributed by atoms with Crippen LogP contribution in [0, 0.1) is 0 Å². The second-order valence-corrected chi connectivity index (χ2v) is 8.54. The highest BCUT2D eigenvalue weighted by atomic mass is 19.3. The van der Waals surface area contributed by atoms with Crippen LogP contribution in [-0.4, -0.2) is 91.7 Å². The van der Waals surface area contributed by atoms with Gasteiger partial charge in [0.25, 0.3) is 5.91 Å². The predicted molar refractivity (Wildman–Crippen MR) is 143 cm³/mol. The highest BCUT2D eigenvalue weighted by molar-refractivity contribution is 5.97. The Morgan fingerprint density at radius 1 is 0.975 bits per heavy atom. The van der Waals surface area contributed by atoms with E-state index < -0.39 is 6.43 Å². The molecule has 0 atom stereocenters. The minimum atomic E-state index is -2.41. The van der Waals surface area contributed by atoms with E-state index in [0.29, 0.717) is 66.9 Å². The number of rotatable bonds is 17. The fraction of sp³-hybridized carbons (Fsp3) is 0.423. The van der Waals surface area contributed by atoms with Gasteiger partial charge in [0.15, 0.2) is 0 Å². The molecule has 0 aliphatic carbocycles. The summed E-state index contributed by atoms with van der Waals surface area (Å²) in [6.45, 7) is 2.02. The molecule has 0 saturated heterocycles. The molecule has 40 heavy (non-hydrogen) atoms. The first kappa shape index (κ1) is 30.5. The second-order valence-electron chi connectivity index (χ2n) is 8.54. The van der Waals surface area contributed by atoms with Crippen molar-refractivity contribution in [2.75, 3.05) is 58.6 Å². The SMILES string of the molecule is COCC(=O)NCCOCCOCCNC(=O)c1ccc(Nc2ccc(CC(F)F)cc2)c(-c2nnn(C)n2)c1. The Labute approximate surface area is 230 Å². The first-order chi connectivity index (χ1) is 19.4. The van der Waals surface area contributed by atoms with Crippen LogP contribution < -0.4 is 16.0 Å². The maximum Gasteiger partial charge on any atom is 0.251 e. The van der Waals surface area contributed by atoms with E-state index in [1.807, 2.05) is 0 Å². The number of carbonyl (C=O) groups is 2. The van der Waals surface area contributed by atoms with E-state index in [1.165, 1.54) is 11.9 Å². The normalized spacial score (nSPS) is 11.0. The number of tetrazole rings is 1. The summed E-state index contributed by atoms with van der Waals surface area (Å²) in [5, 5.41) is 20.9. The average Bonchev–Trinajstić information content (AvgIpc) is 3.36. The van der Waals surface area contributed by atoms with Gasteiger partial charge in [0.1, 0.15) is 6.61 Å². The third-order valence-corrected chi connectivity index (χ3v) is 5.40. The number of nitrogens with one attached hydrogen (secondary N) is 3. The lowest BCUT2D eigenvalue weighted by Crippen LogP contribution is -2.30. The number of alkyl halides is 2. The molecule has 3 aromatic rings. The van der Waals surface area contributed by atoms with Crippen LogP contribution in [0.2, 0.25) is 0 Å². The smallest absolute Gasteiger partial charge is 0.251 e. The number of methoxy groups -OCH3 is 1. The van der Waals surface area contributed by atoms with Crippen molar-refractivity contribution in [2.24, 2.45) is 7.05 Å². The van der Waals surface area contributed by atoms with Gasteiger partial charge >= 0.3 is 0 Å². The van der Waals surface area contributed by atoms with Crippen molar-refractivity contribution in [3.63, 3.8) is 0 Å². The molecule has 216 valence electrons. The number of aryl methyl sites for hydroxylation is 1. The van der Waals surface area contributed by atoms with Gasteiger partial charge in [0.2, 0.25) is 18.2 Å². The van der Waals surface area contributed by atoms with Crippen molar-refractivity contribution < 1.29 is 32.6 Å². The number of nitrogens with zero attached hydrogens (tertiary/aromatic N) is 4. The van der Waals surface area contributed by atoms with Gasteiger partial charge in [-0.25, -0.2) is 8.78 Å². The van der Waals surface area contributed by atoms with Gasteiger partial charge in [-0.1, -0.05) is 12.1 Å². The summed E-state index contributed by atoms with van der Waals surface area (Å²) in [5.41, 5.74) is 2.76. The van der Waals surface area contributed by atoms with Gasteiger partial charge in [-0.3, -0.25) is 9.59 Å². The summed E-state index contributed by atoms with van der Waals surface area (Å²) < 4.78 is 40.8. The van der Waals surface area contributed by atoms with E-state index in [9.17, 15) is 18.4 Å². The molecule has 0 bridgehead atoms. The molecule has 12 nitrogen and oxygen atoms in total. The summed E-state index contributed by atoms with van der Waals surface area (Å²) in [5.74, 6) is -0.196. The van der Waals surface area contributed by atoms with E-state index in [2.05, 4.69) is 31.4 Å². The van der Waals surface area contributed by atoms with Gasteiger partial charge in [-0.15, -0.1) is 10.2 Å². The summed E-state index contributed by atoms with van der Waals surface area (Å²) in [6.07, 6.45) is -2.72. The predicted octanol–water partition coefficient (Wildman–Crippen LogP) is 1.95. The van der Waals surface area contributed by atoms with Crippen molar-refractivity contribution in [1.82, 2.24) is 30.8 Å². The molecular weight excluding hydrogens is 528 g/mol. The van der Waals surface area contributed by atoms with Crippen molar-refractivity contribution >= 4 is 23.2 Å². The topological polar surface area (TPSA) is 142 Å². The molecule has 2 aromatic carbocycles. The van der Waals surface area contributed by atoms with Gasteiger partial charge in [0, 0.05) is 49.1 Å². The zero-order valence-corrected chi connectivity index (χ0v) is 22.4. The maximum atomic E-state index is 12.8. The first-order valence-electron chi connectivity index (χ1n) is 12.6. The van der Waals surface area contributed by atoms with E-state index in [0.717, 1.165) is 0 Å². The zero-order chi connectivity index (χ0) is 28.7. The Balaban J connectivity index is 1.49. The van der Waals surface area contributed by atoms with Crippen LogP contribution in [0.25, 0.3) is 11.4 Å². The van der Waals surface area contributed by atoms with E-state index in [4.69, 9.17) is 14.2 Å². The first-order valence-corrected chi connectivity index (χ1v) is 12.6. The molecule has 0 fully saturated rings. The molecule has 1 aromatic heterocycles. The van der Waals surface area contributed by atoms with Gasteiger partial charge in [-0.2, -0.15) is 4.80 Å². The number of anilines is 2. The summed E-state index contributed by atoms with van der Waals surface area (Å²) in [4.78, 5) is 25.3. The average molecular weight is 562 g/mol. The van der Waals surface area contributed by atoms with Crippen LogP contribution in [0.3, 0.4) is 0 Å². The molecule has 14 heteroatoms. The Morgan fingerprint density at radius 2 is 1.68 bits per heavy atom. The Kier molecular flexibility index (Phi) is 12.3. The minimum Gasteiger partial charge on any atom is -0.377 e. The van der Waals surface area contributed by atoms with E-state index in [1.54, 1.807) is 49.5 Å². The number of halogens is 2. The Hall–Kier alpha value is -4.01. The van der Waals surface area contributed by atoms with Crippen LogP contribution in [-0.2, 0) is 32.5 Å². The Bertz CT molecular complexity index is 1220. The molecule has 3 rings (SSSR count). The highest BCUT2D eigenvalue weighted by Crippen LogP contribution is 2.29. The second kappa shape index (κ2) is 16.2. The van der Waals surface area contributed by atoms with Gasteiger partial charge < -0.3 is 30.2 Å². The highest BCUT2D eigenvalue weighted by Gasteiger charge is 2.15. The molecule has 0 unspecified atom stereocenters. The fourth-order valence-corrected chi connectivity index (χ4v) is 3.53. The molecule has 3 N–H and O–H groups in total. The van der Waals surface area contributed by atoms with Crippen molar-refractivity contribution in [3.8, 4) is 11.4 Å². The van der Waals surface area contributed by atoms with E-state index in [-0.39, 0.29) is 31.4 Å². The number of carbonyl (C=O) groups excluding carboxylic acids is 2. The number of aromatic nitrogens is 4. The van der Waals surface area contributed by atoms with Crippen molar-refractivity contribution in [1.29, 1.82) is 0 Å². The third kappa shape index (κ3) is 10.3. The van der Waals surface area contributed by atoms with Crippen molar-refractivity contribution in [3.05, 3.63) is 53.6 Å². The molecule has 0 saturated carbocycles. The fourth-order valence-electron chi connectivity index (χ4n) is 3.53. The number of hydrogen-bond acceptors (Lipinski definition) is 9. The largest absolute Gasteiger partial charge is 0.377 e. The number of benzene rings is 2. The van der Waals surface area contributed by atoms with Crippen LogP contribution in [0.4, 0.5) is 20.2 Å². The quantitative estimate of drug-likeness (QED) is 0.211. The molecule has 2 amide bonds. The van der Waals surface area contributed by atoms with Gasteiger partial charge in [-0.05, 0) is 41.1 Å². The number of hydrogen-bond donors (Lipinski definition) is 3. The zero-order valence-electron chi connectivity index (χ0n) is 22.4. The van der Waals surface area contributed by atoms with Crippen LogP contribution >= 0.6 is 0 Å². The molecule has 0 aliphatic heterocycles. The van der Waals surface area contributed by atoms with Crippen LogP contribution in [0.15, 0.2) is 42.5 Å². The Morgan fingerprint density at radius 3 is 2.30 bits per heavy atom. The molecule has 0 spiro atoms. The molecule has 1 heterocycles. The minimum absolute atomic E-state index is 0.0100. The number of amides is 2. The lowest BCUT2D eigenvalue weighted by molar-refractivity contribution is -0.125. The number of ether oxygens (including phenoxy) is 3. The molecule has 0 aliphatic rings. The lowest BCUT2D eigenvalue weighted by atomic mass is 10.1. The van der Waals surface area contributed by atoms with Gasteiger partial charge in [0.05, 0.1) is 33.5 Å².